The third-order valence-corrected chi connectivity index (χ3v) is 5.98. The molecule has 0 atom stereocenters. The molecule has 174 valence electrons. The van der Waals surface area contributed by atoms with Crippen LogP contribution in [0.1, 0.15) is 24.3 Å². The number of nitrogens with one attached hydrogen (secondary N) is 1. The number of amides is 1. The van der Waals surface area contributed by atoms with Crippen LogP contribution in [0.15, 0.2) is 47.0 Å². The monoisotopic (exact) mass is 498 g/mol. The van der Waals surface area contributed by atoms with Crippen LogP contribution in [0, 0.1) is 5.92 Å². The molecule has 2 aromatic carbocycles. The third kappa shape index (κ3) is 5.85. The lowest BCUT2D eigenvalue weighted by Gasteiger charge is -2.30. The number of hydrogen-bond acceptors (Lipinski definition) is 5. The molecular formula is C22H19Cl2F3N4O2. The molecule has 0 radical (unpaired) electrons. The molecule has 0 unspecified atom stereocenters. The molecule has 1 fully saturated rings. The van der Waals surface area contributed by atoms with Crippen molar-refractivity contribution in [1.29, 1.82) is 0 Å². The molecule has 33 heavy (non-hydrogen) atoms. The summed E-state index contributed by atoms with van der Waals surface area (Å²) in [5.74, 6) is 0.205. The van der Waals surface area contributed by atoms with Gasteiger partial charge in [-0.05, 0) is 56.3 Å². The summed E-state index contributed by atoms with van der Waals surface area (Å²) in [7, 11) is 0. The molecule has 2 heterocycles. The number of piperidine rings is 1. The highest BCUT2D eigenvalue weighted by Crippen LogP contribution is 2.34. The second kappa shape index (κ2) is 9.70. The molecule has 6 nitrogen and oxygen atoms in total. The highest BCUT2D eigenvalue weighted by Gasteiger charge is 2.32. The third-order valence-electron chi connectivity index (χ3n) is 5.42. The molecule has 1 aliphatic heterocycles. The van der Waals surface area contributed by atoms with Crippen LogP contribution in [0.5, 0.6) is 0 Å². The van der Waals surface area contributed by atoms with Gasteiger partial charge in [-0.1, -0.05) is 40.5 Å². The van der Waals surface area contributed by atoms with Crippen molar-refractivity contribution >= 4 is 34.8 Å². The Hall–Kier alpha value is -2.62. The van der Waals surface area contributed by atoms with E-state index in [1.807, 2.05) is 6.07 Å². The molecule has 0 spiro atoms. The van der Waals surface area contributed by atoms with Gasteiger partial charge in [-0.15, -0.1) is 0 Å². The van der Waals surface area contributed by atoms with Crippen LogP contribution in [0.2, 0.25) is 10.0 Å². The Balaban J connectivity index is 1.32. The van der Waals surface area contributed by atoms with Crippen LogP contribution in [-0.4, -0.2) is 34.0 Å². The number of hydrogen-bond donors (Lipinski definition) is 1. The summed E-state index contributed by atoms with van der Waals surface area (Å²) in [6.45, 7) is 1.63. The molecule has 0 saturated carbocycles. The van der Waals surface area contributed by atoms with E-state index in [4.69, 9.17) is 27.7 Å². The Morgan fingerprint density at radius 3 is 2.61 bits per heavy atom. The molecule has 1 saturated heterocycles. The number of halogens is 5. The van der Waals surface area contributed by atoms with Crippen LogP contribution in [-0.2, 0) is 17.5 Å². The second-order valence-corrected chi connectivity index (χ2v) is 8.60. The quantitative estimate of drug-likeness (QED) is 0.473. The summed E-state index contributed by atoms with van der Waals surface area (Å²) in [4.78, 5) is 19.1. The standard InChI is InChI=1S/C22H19Cl2F3N4O2/c23-16-3-1-2-14(10-16)20-29-19(33-30-20)12-31-8-6-13(7-9-31)21(32)28-18-11-15(22(25,26)27)4-5-17(18)24/h1-5,10-11,13H,6-9,12H2,(H,28,32). The molecule has 0 bridgehead atoms. The molecule has 3 aromatic rings. The van der Waals surface area contributed by atoms with Crippen molar-refractivity contribution in [3.63, 3.8) is 0 Å². The van der Waals surface area contributed by atoms with Gasteiger partial charge in [0.05, 0.1) is 22.8 Å². The van der Waals surface area contributed by atoms with Crippen molar-refractivity contribution in [1.82, 2.24) is 15.0 Å². The average Bonchev–Trinajstić information content (AvgIpc) is 3.23. The van der Waals surface area contributed by atoms with E-state index in [2.05, 4.69) is 20.4 Å². The SMILES string of the molecule is O=C(Nc1cc(C(F)(F)F)ccc1Cl)C1CCN(Cc2nc(-c3cccc(Cl)c3)no2)CC1. The number of carbonyl (C=O) groups is 1. The molecular weight excluding hydrogens is 480 g/mol. The molecule has 0 aliphatic carbocycles. The van der Waals surface area contributed by atoms with E-state index >= 15 is 0 Å². The predicted molar refractivity (Wildman–Crippen MR) is 118 cm³/mol. The van der Waals surface area contributed by atoms with Gasteiger partial charge in [-0.25, -0.2) is 0 Å². The first-order valence-corrected chi connectivity index (χ1v) is 10.9. The zero-order valence-electron chi connectivity index (χ0n) is 17.2. The zero-order valence-corrected chi connectivity index (χ0v) is 18.7. The molecule has 4 rings (SSSR count). The van der Waals surface area contributed by atoms with Gasteiger partial charge in [0.2, 0.25) is 17.6 Å². The van der Waals surface area contributed by atoms with Gasteiger partial charge < -0.3 is 9.84 Å². The Morgan fingerprint density at radius 1 is 1.15 bits per heavy atom. The van der Waals surface area contributed by atoms with E-state index in [1.54, 1.807) is 18.2 Å². The zero-order chi connectivity index (χ0) is 23.6. The number of alkyl halides is 3. The first-order valence-electron chi connectivity index (χ1n) is 10.2. The van der Waals surface area contributed by atoms with Crippen LogP contribution in [0.3, 0.4) is 0 Å². The Labute approximate surface area is 197 Å². The van der Waals surface area contributed by atoms with E-state index in [-0.39, 0.29) is 22.5 Å². The van der Waals surface area contributed by atoms with Gasteiger partial charge in [-0.3, -0.25) is 9.69 Å². The Morgan fingerprint density at radius 2 is 1.91 bits per heavy atom. The van der Waals surface area contributed by atoms with Crippen molar-refractivity contribution in [3.8, 4) is 11.4 Å². The highest BCUT2D eigenvalue weighted by atomic mass is 35.5. The number of benzene rings is 2. The van der Waals surface area contributed by atoms with E-state index in [9.17, 15) is 18.0 Å². The van der Waals surface area contributed by atoms with Crippen LogP contribution >= 0.6 is 23.2 Å². The summed E-state index contributed by atoms with van der Waals surface area (Å²) in [6.07, 6.45) is -3.44. The normalized spacial score (nSPS) is 15.5. The molecule has 11 heteroatoms. The summed E-state index contributed by atoms with van der Waals surface area (Å²) in [5, 5.41) is 7.16. The molecule has 1 N–H and O–H groups in total. The van der Waals surface area contributed by atoms with Crippen LogP contribution < -0.4 is 5.32 Å². The molecule has 1 aliphatic rings. The second-order valence-electron chi connectivity index (χ2n) is 7.75. The largest absolute Gasteiger partial charge is 0.416 e. The predicted octanol–water partition coefficient (Wildman–Crippen LogP) is 5.91. The lowest BCUT2D eigenvalue weighted by atomic mass is 9.95. The first-order chi connectivity index (χ1) is 15.7. The topological polar surface area (TPSA) is 71.3 Å². The van der Waals surface area contributed by atoms with Crippen molar-refractivity contribution in [2.75, 3.05) is 18.4 Å². The minimum Gasteiger partial charge on any atom is -0.338 e. The minimum atomic E-state index is -4.52. The number of nitrogens with zero attached hydrogens (tertiary/aromatic N) is 3. The van der Waals surface area contributed by atoms with Gasteiger partial charge >= 0.3 is 6.18 Å². The maximum absolute atomic E-state index is 12.9. The lowest BCUT2D eigenvalue weighted by Crippen LogP contribution is -2.37. The maximum atomic E-state index is 12.9. The summed E-state index contributed by atoms with van der Waals surface area (Å²) >= 11 is 12.0. The molecule has 1 aromatic heterocycles. The van der Waals surface area contributed by atoms with Gasteiger partial charge in [0.25, 0.3) is 0 Å². The number of likely N-dealkylation sites (tertiary alicyclic amines) is 1. The Bertz CT molecular complexity index is 1140. The fraction of sp³-hybridized carbons (Fsp3) is 0.318. The first kappa shape index (κ1) is 23.5. The number of rotatable bonds is 5. The van der Waals surface area contributed by atoms with Crippen molar-refractivity contribution in [3.05, 3.63) is 64.0 Å². The summed E-state index contributed by atoms with van der Waals surface area (Å²) in [5.41, 5.74) is -0.159. The minimum absolute atomic E-state index is 0.0432. The van der Waals surface area contributed by atoms with Crippen molar-refractivity contribution in [2.24, 2.45) is 5.92 Å². The summed E-state index contributed by atoms with van der Waals surface area (Å²) in [6, 6.07) is 10.0. The van der Waals surface area contributed by atoms with Crippen molar-refractivity contribution in [2.45, 2.75) is 25.6 Å². The average molecular weight is 499 g/mol. The summed E-state index contributed by atoms with van der Waals surface area (Å²) < 4.78 is 44.2. The van der Waals surface area contributed by atoms with E-state index in [0.717, 1.165) is 23.8 Å². The van der Waals surface area contributed by atoms with Crippen LogP contribution in [0.25, 0.3) is 11.4 Å². The van der Waals surface area contributed by atoms with Gasteiger partial charge in [-0.2, -0.15) is 18.2 Å². The number of anilines is 1. The highest BCUT2D eigenvalue weighted by molar-refractivity contribution is 6.33. The van der Waals surface area contributed by atoms with Gasteiger partial charge in [0.15, 0.2) is 0 Å². The lowest BCUT2D eigenvalue weighted by molar-refractivity contribution is -0.137. The number of carbonyl (C=O) groups excluding carboxylic acids is 1. The number of aromatic nitrogens is 2. The fourth-order valence-electron chi connectivity index (χ4n) is 3.64. The Kier molecular flexibility index (Phi) is 6.92. The van der Waals surface area contributed by atoms with Gasteiger partial charge in [0, 0.05) is 16.5 Å². The fourth-order valence-corrected chi connectivity index (χ4v) is 4.00. The maximum Gasteiger partial charge on any atom is 0.416 e. The van der Waals surface area contributed by atoms with E-state index < -0.39 is 11.7 Å². The van der Waals surface area contributed by atoms with Crippen LogP contribution in [0.4, 0.5) is 18.9 Å². The van der Waals surface area contributed by atoms with Crippen molar-refractivity contribution < 1.29 is 22.5 Å². The van der Waals surface area contributed by atoms with E-state index in [1.165, 1.54) is 0 Å². The molecule has 1 amide bonds. The van der Waals surface area contributed by atoms with E-state index in [0.29, 0.717) is 49.2 Å². The van der Waals surface area contributed by atoms with Gasteiger partial charge in [0.1, 0.15) is 0 Å². The smallest absolute Gasteiger partial charge is 0.338 e.